The molecule has 2 aromatic rings. The molecule has 0 saturated carbocycles. The Hall–Kier alpha value is -2.37. The van der Waals surface area contributed by atoms with Gasteiger partial charge in [0.15, 0.2) is 5.82 Å². The zero-order chi connectivity index (χ0) is 14.7. The number of hydrogen-bond donors (Lipinski definition) is 1. The number of nitrogens with two attached hydrogens (primary N) is 1. The Morgan fingerprint density at radius 2 is 1.90 bits per heavy atom. The molecule has 2 rings (SSSR count). The Morgan fingerprint density at radius 1 is 1.15 bits per heavy atom. The summed E-state index contributed by atoms with van der Waals surface area (Å²) in [5.74, 6) is 1.24. The van der Waals surface area contributed by atoms with Crippen LogP contribution in [0.5, 0.6) is 11.8 Å². The van der Waals surface area contributed by atoms with E-state index >= 15 is 0 Å². The molecule has 0 amide bonds. The molecule has 0 fully saturated rings. The standard InChI is InChI=1S/C14H18N4O2/c1-8(2)20-14-17-12(16-13(15)18-14)10-7-9(3)5-6-11(10)19-4/h5-8H,1-4H3,(H2,15,16,17,18). The number of aromatic nitrogens is 3. The van der Waals surface area contributed by atoms with Crippen molar-refractivity contribution in [1.82, 2.24) is 15.0 Å². The summed E-state index contributed by atoms with van der Waals surface area (Å²) in [4.78, 5) is 12.4. The van der Waals surface area contributed by atoms with Crippen molar-refractivity contribution in [3.8, 4) is 23.1 Å². The van der Waals surface area contributed by atoms with Gasteiger partial charge in [0.25, 0.3) is 0 Å². The Labute approximate surface area is 118 Å². The minimum Gasteiger partial charge on any atom is -0.496 e. The highest BCUT2D eigenvalue weighted by atomic mass is 16.5. The van der Waals surface area contributed by atoms with E-state index in [0.29, 0.717) is 11.6 Å². The quantitative estimate of drug-likeness (QED) is 0.920. The van der Waals surface area contributed by atoms with E-state index in [0.717, 1.165) is 11.1 Å². The lowest BCUT2D eigenvalue weighted by atomic mass is 10.1. The Bertz CT molecular complexity index is 614. The van der Waals surface area contributed by atoms with Gasteiger partial charge in [-0.1, -0.05) is 11.6 Å². The van der Waals surface area contributed by atoms with Crippen molar-refractivity contribution in [3.05, 3.63) is 23.8 Å². The molecule has 0 radical (unpaired) electrons. The zero-order valence-corrected chi connectivity index (χ0v) is 12.0. The van der Waals surface area contributed by atoms with Gasteiger partial charge in [-0.3, -0.25) is 0 Å². The van der Waals surface area contributed by atoms with Crippen molar-refractivity contribution in [2.75, 3.05) is 12.8 Å². The topological polar surface area (TPSA) is 83.2 Å². The van der Waals surface area contributed by atoms with Gasteiger partial charge in [-0.25, -0.2) is 0 Å². The molecule has 0 saturated heterocycles. The van der Waals surface area contributed by atoms with E-state index < -0.39 is 0 Å². The molecule has 0 atom stereocenters. The second-order valence-electron chi connectivity index (χ2n) is 4.67. The maximum absolute atomic E-state index is 5.72. The van der Waals surface area contributed by atoms with Gasteiger partial charge in [-0.05, 0) is 32.9 Å². The molecular weight excluding hydrogens is 256 g/mol. The second-order valence-corrected chi connectivity index (χ2v) is 4.67. The van der Waals surface area contributed by atoms with Gasteiger partial charge in [0.2, 0.25) is 5.95 Å². The molecule has 106 valence electrons. The summed E-state index contributed by atoms with van der Waals surface area (Å²) in [6, 6.07) is 5.98. The molecule has 6 nitrogen and oxygen atoms in total. The van der Waals surface area contributed by atoms with Crippen LogP contribution in [-0.2, 0) is 0 Å². The van der Waals surface area contributed by atoms with Gasteiger partial charge >= 0.3 is 6.01 Å². The molecule has 0 unspecified atom stereocenters. The molecule has 0 bridgehead atoms. The third kappa shape index (κ3) is 3.14. The summed E-state index contributed by atoms with van der Waals surface area (Å²) in [7, 11) is 1.60. The molecule has 0 aliphatic carbocycles. The number of nitrogens with zero attached hydrogens (tertiary/aromatic N) is 3. The largest absolute Gasteiger partial charge is 0.496 e. The summed E-state index contributed by atoms with van der Waals surface area (Å²) < 4.78 is 10.8. The Kier molecular flexibility index (Phi) is 4.02. The lowest BCUT2D eigenvalue weighted by molar-refractivity contribution is 0.222. The van der Waals surface area contributed by atoms with Crippen LogP contribution in [-0.4, -0.2) is 28.2 Å². The van der Waals surface area contributed by atoms with Crippen molar-refractivity contribution < 1.29 is 9.47 Å². The maximum Gasteiger partial charge on any atom is 0.322 e. The molecule has 0 aliphatic heterocycles. The van der Waals surface area contributed by atoms with Gasteiger partial charge in [-0.15, -0.1) is 0 Å². The maximum atomic E-state index is 5.72. The van der Waals surface area contributed by atoms with E-state index in [1.54, 1.807) is 7.11 Å². The molecule has 1 heterocycles. The third-order valence-corrected chi connectivity index (χ3v) is 2.57. The van der Waals surface area contributed by atoms with Crippen LogP contribution in [0.1, 0.15) is 19.4 Å². The van der Waals surface area contributed by atoms with Crippen LogP contribution in [0.2, 0.25) is 0 Å². The normalized spacial score (nSPS) is 10.7. The smallest absolute Gasteiger partial charge is 0.322 e. The van der Waals surface area contributed by atoms with Crippen molar-refractivity contribution in [1.29, 1.82) is 0 Å². The van der Waals surface area contributed by atoms with Crippen LogP contribution in [0, 0.1) is 6.92 Å². The van der Waals surface area contributed by atoms with Crippen LogP contribution in [0.3, 0.4) is 0 Å². The van der Waals surface area contributed by atoms with Gasteiger partial charge in [0, 0.05) is 0 Å². The highest BCUT2D eigenvalue weighted by Crippen LogP contribution is 2.29. The van der Waals surface area contributed by atoms with Crippen molar-refractivity contribution in [2.45, 2.75) is 26.9 Å². The molecule has 20 heavy (non-hydrogen) atoms. The fourth-order valence-electron chi connectivity index (χ4n) is 1.75. The fourth-order valence-corrected chi connectivity index (χ4v) is 1.75. The summed E-state index contributed by atoms with van der Waals surface area (Å²) in [5, 5.41) is 0. The van der Waals surface area contributed by atoms with Gasteiger partial charge < -0.3 is 15.2 Å². The molecular formula is C14H18N4O2. The lowest BCUT2D eigenvalue weighted by Crippen LogP contribution is -2.11. The van der Waals surface area contributed by atoms with Gasteiger partial charge in [0.05, 0.1) is 18.8 Å². The highest BCUT2D eigenvalue weighted by molar-refractivity contribution is 5.65. The van der Waals surface area contributed by atoms with E-state index in [4.69, 9.17) is 15.2 Å². The molecule has 0 aliphatic rings. The first-order chi connectivity index (χ1) is 9.49. The van der Waals surface area contributed by atoms with Crippen LogP contribution in [0.25, 0.3) is 11.4 Å². The van der Waals surface area contributed by atoms with E-state index in [2.05, 4.69) is 15.0 Å². The van der Waals surface area contributed by atoms with Gasteiger partial charge in [0.1, 0.15) is 5.75 Å². The van der Waals surface area contributed by atoms with Crippen LogP contribution in [0.15, 0.2) is 18.2 Å². The van der Waals surface area contributed by atoms with Crippen LogP contribution < -0.4 is 15.2 Å². The van der Waals surface area contributed by atoms with Crippen LogP contribution in [0.4, 0.5) is 5.95 Å². The number of methoxy groups -OCH3 is 1. The minimum atomic E-state index is -0.0379. The SMILES string of the molecule is COc1ccc(C)cc1-c1nc(N)nc(OC(C)C)n1. The molecule has 1 aromatic heterocycles. The summed E-state index contributed by atoms with van der Waals surface area (Å²) >= 11 is 0. The Morgan fingerprint density at radius 3 is 2.55 bits per heavy atom. The third-order valence-electron chi connectivity index (χ3n) is 2.57. The molecule has 0 spiro atoms. The lowest BCUT2D eigenvalue weighted by Gasteiger charge is -2.11. The number of benzene rings is 1. The number of aryl methyl sites for hydroxylation is 1. The first-order valence-corrected chi connectivity index (χ1v) is 6.33. The van der Waals surface area contributed by atoms with E-state index in [1.165, 1.54) is 0 Å². The molecule has 1 aromatic carbocycles. The van der Waals surface area contributed by atoms with E-state index in [1.807, 2.05) is 39.0 Å². The van der Waals surface area contributed by atoms with Crippen molar-refractivity contribution >= 4 is 5.95 Å². The zero-order valence-electron chi connectivity index (χ0n) is 12.0. The number of rotatable bonds is 4. The van der Waals surface area contributed by atoms with E-state index in [-0.39, 0.29) is 18.1 Å². The van der Waals surface area contributed by atoms with Gasteiger partial charge in [-0.2, -0.15) is 15.0 Å². The number of ether oxygens (including phenoxy) is 2. The fraction of sp³-hybridized carbons (Fsp3) is 0.357. The summed E-state index contributed by atoms with van der Waals surface area (Å²) in [6.07, 6.45) is -0.0379. The van der Waals surface area contributed by atoms with Crippen molar-refractivity contribution in [3.63, 3.8) is 0 Å². The monoisotopic (exact) mass is 274 g/mol. The average molecular weight is 274 g/mol. The number of nitrogen functional groups attached to an aromatic ring is 1. The van der Waals surface area contributed by atoms with E-state index in [9.17, 15) is 0 Å². The predicted molar refractivity (Wildman–Crippen MR) is 76.7 cm³/mol. The van der Waals surface area contributed by atoms with Crippen LogP contribution >= 0.6 is 0 Å². The average Bonchev–Trinajstić information content (AvgIpc) is 2.37. The molecule has 6 heteroatoms. The Balaban J connectivity index is 2.51. The first kappa shape index (κ1) is 14.0. The minimum absolute atomic E-state index is 0.0379. The molecule has 2 N–H and O–H groups in total. The number of anilines is 1. The number of hydrogen-bond acceptors (Lipinski definition) is 6. The highest BCUT2D eigenvalue weighted by Gasteiger charge is 2.13. The summed E-state index contributed by atoms with van der Waals surface area (Å²) in [6.45, 7) is 5.78. The first-order valence-electron chi connectivity index (χ1n) is 6.33. The second kappa shape index (κ2) is 5.73. The predicted octanol–water partition coefficient (Wildman–Crippen LogP) is 2.23. The van der Waals surface area contributed by atoms with Crippen molar-refractivity contribution in [2.24, 2.45) is 0 Å². The summed E-state index contributed by atoms with van der Waals surface area (Å²) in [5.41, 5.74) is 7.55.